The Kier molecular flexibility index (Phi) is 9.69. The van der Waals surface area contributed by atoms with Crippen LogP contribution in [-0.4, -0.2) is 25.2 Å². The molecule has 2 rings (SSSR count). The molecule has 130 valence electrons. The fraction of sp³-hybridized carbons (Fsp3) is 0.684. The number of rotatable bonds is 12. The third-order valence-corrected chi connectivity index (χ3v) is 4.63. The van der Waals surface area contributed by atoms with E-state index in [4.69, 9.17) is 14.2 Å². The summed E-state index contributed by atoms with van der Waals surface area (Å²) in [6.45, 7) is 2.16. The van der Waals surface area contributed by atoms with E-state index in [0.717, 1.165) is 29.7 Å². The number of unbranched alkanes of at least 4 members (excludes halogenated alkanes) is 7. The molecular weight excluding hydrogens is 356 g/mol. The number of benzene rings is 1. The van der Waals surface area contributed by atoms with Crippen molar-refractivity contribution < 1.29 is 14.2 Å². The van der Waals surface area contributed by atoms with Gasteiger partial charge in [-0.2, -0.15) is 0 Å². The molecule has 0 amide bonds. The Hall–Kier alpha value is -0.580. The fourth-order valence-corrected chi connectivity index (χ4v) is 3.12. The summed E-state index contributed by atoms with van der Waals surface area (Å²) in [5.74, 6) is 0.932. The quantitative estimate of drug-likeness (QED) is 0.345. The van der Waals surface area contributed by atoms with Crippen molar-refractivity contribution in [2.45, 2.75) is 57.7 Å². The highest BCUT2D eigenvalue weighted by molar-refractivity contribution is 9.09. The summed E-state index contributed by atoms with van der Waals surface area (Å²) in [7, 11) is 0. The molecule has 1 saturated heterocycles. The molecule has 0 atom stereocenters. The Balaban J connectivity index is 1.48. The molecule has 0 radical (unpaired) electrons. The molecule has 0 saturated carbocycles. The lowest BCUT2D eigenvalue weighted by atomic mass is 10.1. The van der Waals surface area contributed by atoms with Gasteiger partial charge in [-0.3, -0.25) is 0 Å². The topological polar surface area (TPSA) is 27.7 Å². The van der Waals surface area contributed by atoms with Gasteiger partial charge in [-0.25, -0.2) is 0 Å². The van der Waals surface area contributed by atoms with Crippen LogP contribution in [0.1, 0.15) is 63.2 Å². The molecule has 0 unspecified atom stereocenters. The van der Waals surface area contributed by atoms with Gasteiger partial charge < -0.3 is 14.2 Å². The Labute approximate surface area is 148 Å². The van der Waals surface area contributed by atoms with Gasteiger partial charge in [0.05, 0.1) is 19.8 Å². The number of hydrogen-bond donors (Lipinski definition) is 0. The fourth-order valence-electron chi connectivity index (χ4n) is 2.72. The second kappa shape index (κ2) is 11.9. The predicted octanol–water partition coefficient (Wildman–Crippen LogP) is 5.63. The molecule has 0 aromatic heterocycles. The molecule has 1 aliphatic rings. The largest absolute Gasteiger partial charge is 0.494 e. The third kappa shape index (κ3) is 7.69. The van der Waals surface area contributed by atoms with Crippen LogP contribution in [0.25, 0.3) is 0 Å². The minimum Gasteiger partial charge on any atom is -0.494 e. The van der Waals surface area contributed by atoms with Gasteiger partial charge in [-0.1, -0.05) is 66.6 Å². The van der Waals surface area contributed by atoms with Crippen LogP contribution in [0.3, 0.4) is 0 Å². The van der Waals surface area contributed by atoms with Crippen LogP contribution in [0, 0.1) is 0 Å². The van der Waals surface area contributed by atoms with E-state index in [1.54, 1.807) is 0 Å². The minimum absolute atomic E-state index is 0.196. The lowest BCUT2D eigenvalue weighted by molar-refractivity contribution is -0.0441. The smallest absolute Gasteiger partial charge is 0.184 e. The van der Waals surface area contributed by atoms with Crippen molar-refractivity contribution in [2.75, 3.05) is 25.2 Å². The third-order valence-electron chi connectivity index (χ3n) is 4.07. The highest BCUT2D eigenvalue weighted by atomic mass is 79.9. The maximum Gasteiger partial charge on any atom is 0.184 e. The first-order chi connectivity index (χ1) is 11.4. The van der Waals surface area contributed by atoms with Gasteiger partial charge in [0, 0.05) is 10.9 Å². The maximum absolute atomic E-state index is 5.80. The second-order valence-corrected chi connectivity index (χ2v) is 6.80. The van der Waals surface area contributed by atoms with Crippen molar-refractivity contribution in [3.8, 4) is 5.75 Å². The lowest BCUT2D eigenvalue weighted by Gasteiger charge is -2.11. The molecule has 1 fully saturated rings. The lowest BCUT2D eigenvalue weighted by Crippen LogP contribution is -2.00. The van der Waals surface area contributed by atoms with Crippen LogP contribution < -0.4 is 4.74 Å². The molecule has 1 aromatic rings. The first-order valence-electron chi connectivity index (χ1n) is 8.92. The van der Waals surface area contributed by atoms with E-state index >= 15 is 0 Å². The SMILES string of the molecule is BrCCCCCCCCCCOc1ccc(C2OCCO2)cc1. The van der Waals surface area contributed by atoms with Crippen LogP contribution in [-0.2, 0) is 9.47 Å². The number of ether oxygens (including phenoxy) is 3. The first kappa shape index (κ1) is 18.8. The average Bonchev–Trinajstić information content (AvgIpc) is 3.12. The molecule has 23 heavy (non-hydrogen) atoms. The van der Waals surface area contributed by atoms with Crippen molar-refractivity contribution in [1.82, 2.24) is 0 Å². The minimum atomic E-state index is -0.196. The van der Waals surface area contributed by atoms with E-state index in [-0.39, 0.29) is 6.29 Å². The summed E-state index contributed by atoms with van der Waals surface area (Å²) in [5, 5.41) is 1.14. The van der Waals surface area contributed by atoms with Gasteiger partial charge in [0.2, 0.25) is 0 Å². The molecular formula is C19H29BrO3. The molecule has 1 aromatic carbocycles. The summed E-state index contributed by atoms with van der Waals surface area (Å²) >= 11 is 3.47. The van der Waals surface area contributed by atoms with Crippen molar-refractivity contribution in [2.24, 2.45) is 0 Å². The van der Waals surface area contributed by atoms with Gasteiger partial charge in [0.1, 0.15) is 5.75 Å². The summed E-state index contributed by atoms with van der Waals surface area (Å²) in [4.78, 5) is 0. The highest BCUT2D eigenvalue weighted by Crippen LogP contribution is 2.25. The highest BCUT2D eigenvalue weighted by Gasteiger charge is 2.17. The molecule has 1 aliphatic heterocycles. The number of alkyl halides is 1. The summed E-state index contributed by atoms with van der Waals surface area (Å²) in [6.07, 6.45) is 10.3. The van der Waals surface area contributed by atoms with Crippen molar-refractivity contribution in [3.63, 3.8) is 0 Å². The zero-order chi connectivity index (χ0) is 16.2. The Morgan fingerprint density at radius 3 is 2.00 bits per heavy atom. The normalized spacial score (nSPS) is 15.2. The van der Waals surface area contributed by atoms with E-state index in [2.05, 4.69) is 15.9 Å². The zero-order valence-electron chi connectivity index (χ0n) is 14.0. The van der Waals surface area contributed by atoms with E-state index in [0.29, 0.717) is 13.2 Å². The van der Waals surface area contributed by atoms with Gasteiger partial charge in [0.25, 0.3) is 0 Å². The standard InChI is InChI=1S/C19H29BrO3/c20-13-7-5-3-1-2-4-6-8-14-21-18-11-9-17(10-12-18)19-22-15-16-23-19/h9-12,19H,1-8,13-16H2. The van der Waals surface area contributed by atoms with Gasteiger partial charge in [0.15, 0.2) is 6.29 Å². The number of halogens is 1. The summed E-state index contributed by atoms with van der Waals surface area (Å²) in [5.41, 5.74) is 1.06. The molecule has 4 heteroatoms. The molecule has 0 bridgehead atoms. The summed E-state index contributed by atoms with van der Waals surface area (Å²) < 4.78 is 16.8. The Morgan fingerprint density at radius 2 is 1.39 bits per heavy atom. The average molecular weight is 385 g/mol. The van der Waals surface area contributed by atoms with E-state index in [1.807, 2.05) is 24.3 Å². The van der Waals surface area contributed by atoms with E-state index in [1.165, 1.54) is 44.9 Å². The van der Waals surface area contributed by atoms with Gasteiger partial charge >= 0.3 is 0 Å². The Bertz CT molecular complexity index is 402. The zero-order valence-corrected chi connectivity index (χ0v) is 15.6. The van der Waals surface area contributed by atoms with E-state index < -0.39 is 0 Å². The molecule has 0 spiro atoms. The van der Waals surface area contributed by atoms with Crippen LogP contribution in [0.5, 0.6) is 5.75 Å². The Morgan fingerprint density at radius 1 is 0.826 bits per heavy atom. The van der Waals surface area contributed by atoms with Gasteiger partial charge in [-0.15, -0.1) is 0 Å². The monoisotopic (exact) mass is 384 g/mol. The van der Waals surface area contributed by atoms with Crippen LogP contribution >= 0.6 is 15.9 Å². The van der Waals surface area contributed by atoms with E-state index in [9.17, 15) is 0 Å². The predicted molar refractivity (Wildman–Crippen MR) is 97.3 cm³/mol. The van der Waals surface area contributed by atoms with Crippen molar-refractivity contribution in [3.05, 3.63) is 29.8 Å². The van der Waals surface area contributed by atoms with Crippen LogP contribution in [0.15, 0.2) is 24.3 Å². The van der Waals surface area contributed by atoms with Crippen molar-refractivity contribution in [1.29, 1.82) is 0 Å². The van der Waals surface area contributed by atoms with Crippen LogP contribution in [0.4, 0.5) is 0 Å². The second-order valence-electron chi connectivity index (χ2n) is 6.01. The molecule has 1 heterocycles. The van der Waals surface area contributed by atoms with Gasteiger partial charge in [-0.05, 0) is 25.0 Å². The number of hydrogen-bond acceptors (Lipinski definition) is 3. The first-order valence-corrected chi connectivity index (χ1v) is 10.0. The van der Waals surface area contributed by atoms with Crippen LogP contribution in [0.2, 0.25) is 0 Å². The maximum atomic E-state index is 5.80. The molecule has 0 N–H and O–H groups in total. The molecule has 3 nitrogen and oxygen atoms in total. The summed E-state index contributed by atoms with van der Waals surface area (Å²) in [6, 6.07) is 8.06. The molecule has 0 aliphatic carbocycles. The van der Waals surface area contributed by atoms with Crippen molar-refractivity contribution >= 4 is 15.9 Å².